The van der Waals surface area contributed by atoms with Gasteiger partial charge in [0.2, 0.25) is 11.7 Å². The largest absolute Gasteiger partial charge is 0.507 e. The molecule has 2 aliphatic heterocycles. The number of rotatable bonds is 10. The first-order chi connectivity index (χ1) is 24.4. The predicted molar refractivity (Wildman–Crippen MR) is 180 cm³/mol. The monoisotopic (exact) mass is 711 g/mol. The van der Waals surface area contributed by atoms with Gasteiger partial charge in [-0.15, -0.1) is 0 Å². The fourth-order valence-corrected chi connectivity index (χ4v) is 7.51. The molecule has 7 N–H and O–H groups in total. The van der Waals surface area contributed by atoms with Crippen molar-refractivity contribution < 1.29 is 58.5 Å². The summed E-state index contributed by atoms with van der Waals surface area (Å²) in [6.07, 6.45) is -1.21. The highest BCUT2D eigenvalue weighted by Gasteiger charge is 2.50. The number of nitrogens with two attached hydrogens (primary N) is 1. The van der Waals surface area contributed by atoms with Gasteiger partial charge in [-0.3, -0.25) is 14.4 Å². The fourth-order valence-electron chi connectivity index (χ4n) is 7.51. The zero-order valence-corrected chi connectivity index (χ0v) is 28.8. The van der Waals surface area contributed by atoms with Crippen molar-refractivity contribution in [1.29, 1.82) is 0 Å². The highest BCUT2D eigenvalue weighted by atomic mass is 16.7. The van der Waals surface area contributed by atoms with Crippen molar-refractivity contribution in [2.75, 3.05) is 20.3 Å². The molecule has 276 valence electrons. The number of amides is 1. The number of hydrazone groups is 1. The Morgan fingerprint density at radius 2 is 1.86 bits per heavy atom. The van der Waals surface area contributed by atoms with Crippen molar-refractivity contribution in [3.63, 3.8) is 0 Å². The predicted octanol–water partition coefficient (Wildman–Crippen LogP) is 2.26. The van der Waals surface area contributed by atoms with Gasteiger partial charge >= 0.3 is 0 Å². The summed E-state index contributed by atoms with van der Waals surface area (Å²) in [6.45, 7) is 3.37. The maximum atomic E-state index is 14.0. The third kappa shape index (κ3) is 6.87. The Balaban J connectivity index is 1.40. The number of methoxy groups -OCH3 is 1. The van der Waals surface area contributed by atoms with E-state index in [2.05, 4.69) is 10.5 Å². The van der Waals surface area contributed by atoms with Crippen LogP contribution in [0.5, 0.6) is 17.2 Å². The maximum Gasteiger partial charge on any atom is 0.240 e. The molecule has 51 heavy (non-hydrogen) atoms. The van der Waals surface area contributed by atoms with E-state index in [1.165, 1.54) is 25.3 Å². The molecule has 2 fully saturated rings. The maximum absolute atomic E-state index is 14.0. The molecule has 0 unspecified atom stereocenters. The van der Waals surface area contributed by atoms with E-state index >= 15 is 0 Å². The number of aromatic hydroxyl groups is 2. The Morgan fingerprint density at radius 3 is 2.53 bits per heavy atom. The fraction of sp³-hybridized carbons (Fsp3) is 0.556. The molecule has 0 bridgehead atoms. The Labute approximate surface area is 294 Å². The summed E-state index contributed by atoms with van der Waals surface area (Å²) >= 11 is 0. The number of nitrogens with one attached hydrogen (secondary N) is 1. The highest BCUT2D eigenvalue weighted by Crippen LogP contribution is 2.52. The molecule has 2 aromatic rings. The van der Waals surface area contributed by atoms with E-state index in [0.717, 1.165) is 19.3 Å². The van der Waals surface area contributed by atoms with Gasteiger partial charge < -0.3 is 49.8 Å². The molecule has 15 nitrogen and oxygen atoms in total. The van der Waals surface area contributed by atoms with Crippen LogP contribution < -0.4 is 15.9 Å². The molecule has 0 saturated carbocycles. The van der Waals surface area contributed by atoms with Gasteiger partial charge in [0, 0.05) is 55.0 Å². The lowest BCUT2D eigenvalue weighted by Gasteiger charge is -2.44. The van der Waals surface area contributed by atoms with E-state index in [9.17, 15) is 34.8 Å². The second kappa shape index (κ2) is 14.9. The minimum atomic E-state index is -2.07. The number of carbonyl (C=O) groups excluding carboxylic acids is 3. The van der Waals surface area contributed by atoms with Crippen LogP contribution in [0.15, 0.2) is 23.3 Å². The number of aliphatic hydroxyl groups excluding tert-OH is 1. The third-order valence-electron chi connectivity index (χ3n) is 10.0. The summed E-state index contributed by atoms with van der Waals surface area (Å²) in [5.41, 5.74) is 5.43. The average Bonchev–Trinajstić information content (AvgIpc) is 3.10. The number of ether oxygens (including phenoxy) is 5. The van der Waals surface area contributed by atoms with E-state index in [4.69, 9.17) is 29.4 Å². The molecule has 7 atom stereocenters. The molecule has 1 amide bonds. The number of fused-ring (bicyclic) bond motifs is 3. The molecule has 4 aliphatic rings. The highest BCUT2D eigenvalue weighted by molar-refractivity contribution is 6.31. The molecule has 2 saturated heterocycles. The van der Waals surface area contributed by atoms with E-state index in [-0.39, 0.29) is 53.0 Å². The van der Waals surface area contributed by atoms with Crippen LogP contribution in [0.3, 0.4) is 0 Å². The minimum Gasteiger partial charge on any atom is -0.507 e. The molecule has 6 rings (SSSR count). The second-order valence-corrected chi connectivity index (χ2v) is 13.5. The van der Waals surface area contributed by atoms with Gasteiger partial charge in [0.1, 0.15) is 29.0 Å². The zero-order chi connectivity index (χ0) is 36.6. The van der Waals surface area contributed by atoms with Crippen LogP contribution in [0.1, 0.15) is 108 Å². The molecule has 0 radical (unpaired) electrons. The Hall–Kier alpha value is -3.96. The summed E-state index contributed by atoms with van der Waals surface area (Å²) in [4.78, 5) is 40.1. The molecular formula is C36H45N3O12. The molecule has 0 spiro atoms. The Bertz CT molecular complexity index is 1710. The topological polar surface area (TPSA) is 229 Å². The van der Waals surface area contributed by atoms with Crippen molar-refractivity contribution in [3.8, 4) is 17.2 Å². The van der Waals surface area contributed by atoms with Crippen molar-refractivity contribution in [2.24, 2.45) is 10.8 Å². The van der Waals surface area contributed by atoms with Crippen molar-refractivity contribution in [2.45, 2.75) is 108 Å². The first kappa shape index (κ1) is 36.8. The molecule has 0 aromatic heterocycles. The normalized spacial score (nSPS) is 29.2. The molecule has 2 aliphatic carbocycles. The van der Waals surface area contributed by atoms with Crippen LogP contribution in [-0.2, 0) is 30.2 Å². The standard InChI is InChI=1S/C36H45N3O12/c1-4-8-24(41)39-38-23(16-40)36(46)14-19-28(22(15-36)50-26-13-20(37)35(17(2)49-26)51-25-11-5-6-12-48-25)34(45)30-29(32(19)43)31(42)18-9-7-10-21(47-3)27(18)33(30)44/h7,9-10,17,20,22,25-26,35,40,43,45-46H,4-6,8,11-16,37H2,1-3H3,(H,39,41)/b38-23-/t17-,20-,22-,25+,26-,35+,36-/m0/s1. The lowest BCUT2D eigenvalue weighted by Crippen LogP contribution is -2.55. The van der Waals surface area contributed by atoms with Crippen LogP contribution in [0.2, 0.25) is 0 Å². The van der Waals surface area contributed by atoms with Crippen LogP contribution >= 0.6 is 0 Å². The van der Waals surface area contributed by atoms with Crippen LogP contribution in [0, 0.1) is 0 Å². The summed E-state index contributed by atoms with van der Waals surface area (Å²) in [7, 11) is 1.34. The number of nitrogens with zero attached hydrogens (tertiary/aromatic N) is 1. The molecule has 2 heterocycles. The number of ketones is 2. The summed E-state index contributed by atoms with van der Waals surface area (Å²) in [6, 6.07) is 3.88. The number of benzene rings is 2. The lowest BCUT2D eigenvalue weighted by molar-refractivity contribution is -0.280. The van der Waals surface area contributed by atoms with Gasteiger partial charge in [-0.05, 0) is 38.7 Å². The number of carbonyl (C=O) groups is 3. The first-order valence-electron chi connectivity index (χ1n) is 17.3. The van der Waals surface area contributed by atoms with Crippen LogP contribution in [-0.4, -0.2) is 100 Å². The number of hydrogen-bond acceptors (Lipinski definition) is 14. The van der Waals surface area contributed by atoms with Gasteiger partial charge in [-0.2, -0.15) is 5.10 Å². The first-order valence-corrected chi connectivity index (χ1v) is 17.3. The number of hydrogen-bond donors (Lipinski definition) is 6. The Morgan fingerprint density at radius 1 is 1.10 bits per heavy atom. The quantitative estimate of drug-likeness (QED) is 0.101. The molecular weight excluding hydrogens is 666 g/mol. The average molecular weight is 712 g/mol. The molecule has 15 heteroatoms. The zero-order valence-electron chi connectivity index (χ0n) is 28.8. The van der Waals surface area contributed by atoms with Gasteiger partial charge in [0.15, 0.2) is 18.4 Å². The summed E-state index contributed by atoms with van der Waals surface area (Å²) < 4.78 is 29.9. The van der Waals surface area contributed by atoms with E-state index in [1.54, 1.807) is 13.8 Å². The van der Waals surface area contributed by atoms with Gasteiger partial charge in [-0.1, -0.05) is 19.1 Å². The number of aliphatic hydroxyl groups is 2. The van der Waals surface area contributed by atoms with Crippen LogP contribution in [0.4, 0.5) is 0 Å². The Kier molecular flexibility index (Phi) is 10.8. The van der Waals surface area contributed by atoms with Gasteiger partial charge in [0.05, 0.1) is 48.3 Å². The van der Waals surface area contributed by atoms with Crippen molar-refractivity contribution >= 4 is 23.2 Å². The van der Waals surface area contributed by atoms with E-state index in [0.29, 0.717) is 13.0 Å². The third-order valence-corrected chi connectivity index (χ3v) is 10.0. The van der Waals surface area contributed by atoms with Crippen LogP contribution in [0.25, 0.3) is 0 Å². The van der Waals surface area contributed by atoms with E-state index in [1.807, 2.05) is 0 Å². The smallest absolute Gasteiger partial charge is 0.240 e. The van der Waals surface area contributed by atoms with E-state index < -0.39 is 95.7 Å². The molecule has 2 aromatic carbocycles. The summed E-state index contributed by atoms with van der Waals surface area (Å²) in [5.74, 6) is -3.11. The number of phenols is 2. The SMILES string of the molecule is CCCC(=O)N/N=C(/CO)[C@]1(O)Cc2c(O)c3c(c(O)c2[C@@H](O[C@H]2C[C@H](N)[C@H](O[C@@H]4CCCCO4)[C@H](C)O2)C1)C(=O)c1c(OC)cccc1C3=O. The van der Waals surface area contributed by atoms with Gasteiger partial charge in [-0.25, -0.2) is 5.43 Å². The lowest BCUT2D eigenvalue weighted by atomic mass is 9.71. The van der Waals surface area contributed by atoms with Gasteiger partial charge in [0.25, 0.3) is 0 Å². The minimum absolute atomic E-state index is 0.0365. The number of phenolic OH excluding ortho intramolecular Hbond substituents is 2. The second-order valence-electron chi connectivity index (χ2n) is 13.5. The van der Waals surface area contributed by atoms with Crippen molar-refractivity contribution in [3.05, 3.63) is 51.6 Å². The van der Waals surface area contributed by atoms with Crippen molar-refractivity contribution in [1.82, 2.24) is 5.43 Å². The summed E-state index contributed by atoms with van der Waals surface area (Å²) in [5, 5.41) is 50.2.